The Morgan fingerprint density at radius 2 is 1.91 bits per heavy atom. The lowest BCUT2D eigenvalue weighted by atomic mass is 9.98. The normalized spacial score (nSPS) is 13.5. The van der Waals surface area contributed by atoms with Gasteiger partial charge in [-0.3, -0.25) is 0 Å². The van der Waals surface area contributed by atoms with E-state index in [1.54, 1.807) is 0 Å². The molecule has 0 saturated carbocycles. The number of allylic oxidation sites excluding steroid dienone is 1. The van der Waals surface area contributed by atoms with Crippen LogP contribution in [0, 0.1) is 0 Å². The van der Waals surface area contributed by atoms with Crippen molar-refractivity contribution >= 4 is 6.08 Å². The SMILES string of the molecule is C1=Cc2ccccc2CC1.O. The number of rotatable bonds is 0. The van der Waals surface area contributed by atoms with Crippen LogP contribution in [0.3, 0.4) is 0 Å². The molecule has 0 aromatic heterocycles. The van der Waals surface area contributed by atoms with Gasteiger partial charge in [0.25, 0.3) is 0 Å². The van der Waals surface area contributed by atoms with Gasteiger partial charge >= 0.3 is 0 Å². The highest BCUT2D eigenvalue weighted by Gasteiger charge is 2.00. The molecule has 11 heavy (non-hydrogen) atoms. The summed E-state index contributed by atoms with van der Waals surface area (Å²) in [6, 6.07) is 8.58. The van der Waals surface area contributed by atoms with Gasteiger partial charge in [0.2, 0.25) is 0 Å². The predicted octanol–water partition coefficient (Wildman–Crippen LogP) is 1.82. The van der Waals surface area contributed by atoms with Crippen LogP contribution in [-0.4, -0.2) is 5.48 Å². The predicted molar refractivity (Wildman–Crippen MR) is 47.4 cm³/mol. The molecule has 1 heteroatoms. The molecule has 58 valence electrons. The number of hydrogen-bond donors (Lipinski definition) is 0. The average molecular weight is 148 g/mol. The second kappa shape index (κ2) is 3.35. The summed E-state index contributed by atoms with van der Waals surface area (Å²) in [5.74, 6) is 0. The van der Waals surface area contributed by atoms with E-state index in [1.807, 2.05) is 0 Å². The van der Waals surface area contributed by atoms with Crippen LogP contribution in [0.5, 0.6) is 0 Å². The van der Waals surface area contributed by atoms with Crippen LogP contribution >= 0.6 is 0 Å². The van der Waals surface area contributed by atoms with Gasteiger partial charge in [0.05, 0.1) is 0 Å². The minimum atomic E-state index is 0. The van der Waals surface area contributed by atoms with E-state index >= 15 is 0 Å². The third-order valence-corrected chi connectivity index (χ3v) is 1.93. The summed E-state index contributed by atoms with van der Waals surface area (Å²) in [4.78, 5) is 0. The zero-order chi connectivity index (χ0) is 6.81. The van der Waals surface area contributed by atoms with Crippen molar-refractivity contribution in [2.45, 2.75) is 12.8 Å². The van der Waals surface area contributed by atoms with Crippen LogP contribution in [0.4, 0.5) is 0 Å². The maximum absolute atomic E-state index is 2.24. The Hall–Kier alpha value is -1.08. The molecule has 2 rings (SSSR count). The van der Waals surface area contributed by atoms with Gasteiger partial charge in [0.15, 0.2) is 0 Å². The van der Waals surface area contributed by atoms with Gasteiger partial charge in [0, 0.05) is 0 Å². The molecule has 1 aliphatic carbocycles. The fourth-order valence-corrected chi connectivity index (χ4v) is 1.37. The molecule has 1 aromatic carbocycles. The van der Waals surface area contributed by atoms with Gasteiger partial charge in [-0.15, -0.1) is 0 Å². The summed E-state index contributed by atoms with van der Waals surface area (Å²) in [6.45, 7) is 0. The highest BCUT2D eigenvalue weighted by molar-refractivity contribution is 5.55. The molecule has 0 heterocycles. The lowest BCUT2D eigenvalue weighted by Gasteiger charge is -2.07. The number of hydrogen-bond acceptors (Lipinski definition) is 0. The molecule has 1 aromatic rings. The molecule has 2 N–H and O–H groups in total. The van der Waals surface area contributed by atoms with E-state index in [1.165, 1.54) is 24.0 Å². The van der Waals surface area contributed by atoms with Gasteiger partial charge in [-0.1, -0.05) is 36.4 Å². The first-order chi connectivity index (χ1) is 4.97. The van der Waals surface area contributed by atoms with E-state index < -0.39 is 0 Å². The molecule has 0 spiro atoms. The lowest BCUT2D eigenvalue weighted by molar-refractivity contribution is 0.824. The van der Waals surface area contributed by atoms with Crippen LogP contribution in [0.1, 0.15) is 17.5 Å². The summed E-state index contributed by atoms with van der Waals surface area (Å²) < 4.78 is 0. The Bertz CT molecular complexity index is 263. The van der Waals surface area contributed by atoms with E-state index in [4.69, 9.17) is 0 Å². The summed E-state index contributed by atoms with van der Waals surface area (Å²) >= 11 is 0. The van der Waals surface area contributed by atoms with E-state index in [0.717, 1.165) is 0 Å². The average Bonchev–Trinajstić information content (AvgIpc) is 2.05. The molecular weight excluding hydrogens is 136 g/mol. The maximum Gasteiger partial charge on any atom is -0.0228 e. The molecule has 0 aliphatic heterocycles. The minimum Gasteiger partial charge on any atom is -0.412 e. The molecule has 0 radical (unpaired) electrons. The Morgan fingerprint density at radius 3 is 2.73 bits per heavy atom. The number of benzene rings is 1. The molecule has 0 bridgehead atoms. The maximum atomic E-state index is 2.24. The smallest absolute Gasteiger partial charge is 0.0228 e. The molecule has 0 amide bonds. The summed E-state index contributed by atoms with van der Waals surface area (Å²) in [6.07, 6.45) is 6.87. The number of fused-ring (bicyclic) bond motifs is 1. The first-order valence-corrected chi connectivity index (χ1v) is 3.71. The molecule has 1 aliphatic rings. The van der Waals surface area contributed by atoms with E-state index in [-0.39, 0.29) is 5.48 Å². The zero-order valence-electron chi connectivity index (χ0n) is 6.38. The minimum absolute atomic E-state index is 0. The third kappa shape index (κ3) is 1.49. The first kappa shape index (κ1) is 8.02. The standard InChI is InChI=1S/C10H10.H2O/c1-2-6-10-8-4-3-7-9(10)5-1;/h1-3,5-7H,4,8H2;1H2. The Balaban J connectivity index is 0.000000605. The summed E-state index contributed by atoms with van der Waals surface area (Å²) in [7, 11) is 0. The van der Waals surface area contributed by atoms with Crippen molar-refractivity contribution < 1.29 is 5.48 Å². The number of aryl methyl sites for hydroxylation is 1. The van der Waals surface area contributed by atoms with Crippen molar-refractivity contribution in [3.63, 3.8) is 0 Å². The van der Waals surface area contributed by atoms with E-state index in [2.05, 4.69) is 36.4 Å². The van der Waals surface area contributed by atoms with Crippen molar-refractivity contribution in [1.82, 2.24) is 0 Å². The third-order valence-electron chi connectivity index (χ3n) is 1.93. The van der Waals surface area contributed by atoms with Crippen LogP contribution in [-0.2, 0) is 6.42 Å². The van der Waals surface area contributed by atoms with E-state index in [9.17, 15) is 0 Å². The Morgan fingerprint density at radius 1 is 1.09 bits per heavy atom. The van der Waals surface area contributed by atoms with Crippen molar-refractivity contribution in [2.75, 3.05) is 0 Å². The second-order valence-electron chi connectivity index (χ2n) is 2.64. The van der Waals surface area contributed by atoms with Crippen molar-refractivity contribution in [1.29, 1.82) is 0 Å². The molecular formula is C10H12O. The Kier molecular flexibility index (Phi) is 2.44. The second-order valence-corrected chi connectivity index (χ2v) is 2.64. The zero-order valence-corrected chi connectivity index (χ0v) is 6.38. The molecule has 0 saturated heterocycles. The van der Waals surface area contributed by atoms with E-state index in [0.29, 0.717) is 0 Å². The van der Waals surface area contributed by atoms with Gasteiger partial charge in [-0.05, 0) is 24.0 Å². The fraction of sp³-hybridized carbons (Fsp3) is 0.200. The van der Waals surface area contributed by atoms with Crippen LogP contribution < -0.4 is 0 Å². The highest BCUT2D eigenvalue weighted by Crippen LogP contribution is 2.17. The van der Waals surface area contributed by atoms with Gasteiger partial charge in [0.1, 0.15) is 0 Å². The largest absolute Gasteiger partial charge is 0.412 e. The van der Waals surface area contributed by atoms with Crippen molar-refractivity contribution in [2.24, 2.45) is 0 Å². The summed E-state index contributed by atoms with van der Waals surface area (Å²) in [5, 5.41) is 0. The monoisotopic (exact) mass is 148 g/mol. The molecule has 0 unspecified atom stereocenters. The van der Waals surface area contributed by atoms with Crippen molar-refractivity contribution in [3.8, 4) is 0 Å². The van der Waals surface area contributed by atoms with Gasteiger partial charge in [-0.2, -0.15) is 0 Å². The highest BCUT2D eigenvalue weighted by atomic mass is 16.0. The quantitative estimate of drug-likeness (QED) is 0.537. The Labute approximate surface area is 66.7 Å². The van der Waals surface area contributed by atoms with Gasteiger partial charge < -0.3 is 5.48 Å². The lowest BCUT2D eigenvalue weighted by Crippen LogP contribution is -1.91. The molecule has 1 nitrogen and oxygen atoms in total. The topological polar surface area (TPSA) is 31.5 Å². The van der Waals surface area contributed by atoms with Crippen LogP contribution in [0.25, 0.3) is 6.08 Å². The first-order valence-electron chi connectivity index (χ1n) is 3.71. The molecule has 0 fully saturated rings. The van der Waals surface area contributed by atoms with Crippen molar-refractivity contribution in [3.05, 3.63) is 41.5 Å². The summed E-state index contributed by atoms with van der Waals surface area (Å²) in [5.41, 5.74) is 2.89. The van der Waals surface area contributed by atoms with Crippen LogP contribution in [0.15, 0.2) is 30.3 Å². The molecule has 0 atom stereocenters. The van der Waals surface area contributed by atoms with Crippen LogP contribution in [0.2, 0.25) is 0 Å². The fourth-order valence-electron chi connectivity index (χ4n) is 1.37. The van der Waals surface area contributed by atoms with Gasteiger partial charge in [-0.25, -0.2) is 0 Å².